The van der Waals surface area contributed by atoms with Gasteiger partial charge in [-0.3, -0.25) is 14.3 Å². The molecule has 0 saturated heterocycles. The summed E-state index contributed by atoms with van der Waals surface area (Å²) < 4.78 is 1.86. The van der Waals surface area contributed by atoms with Crippen LogP contribution >= 0.6 is 0 Å². The average molecular weight is 341 g/mol. The summed E-state index contributed by atoms with van der Waals surface area (Å²) in [4.78, 5) is 24.0. The number of hydrogen-bond acceptors (Lipinski definition) is 3. The molecule has 0 radical (unpaired) electrons. The minimum absolute atomic E-state index is 0.324. The van der Waals surface area contributed by atoms with Gasteiger partial charge in [-0.05, 0) is 31.4 Å². The molecule has 1 aromatic carbocycles. The summed E-state index contributed by atoms with van der Waals surface area (Å²) in [5.74, 6) is -2.05. The van der Waals surface area contributed by atoms with E-state index in [9.17, 15) is 14.7 Å². The van der Waals surface area contributed by atoms with Gasteiger partial charge in [-0.2, -0.15) is 5.10 Å². The highest BCUT2D eigenvalue weighted by Crippen LogP contribution is 2.29. The number of benzene rings is 1. The number of nitrogens with one attached hydrogen (secondary N) is 1. The Hall–Kier alpha value is -2.63. The van der Waals surface area contributed by atoms with Crippen LogP contribution in [0.15, 0.2) is 42.6 Å². The fourth-order valence-electron chi connectivity index (χ4n) is 3.35. The molecule has 1 aliphatic rings. The van der Waals surface area contributed by atoms with Crippen LogP contribution in [0.1, 0.15) is 60.7 Å². The van der Waals surface area contributed by atoms with E-state index in [1.165, 1.54) is 12.8 Å². The lowest BCUT2D eigenvalue weighted by atomic mass is 9.94. The van der Waals surface area contributed by atoms with Crippen molar-refractivity contribution in [3.05, 3.63) is 53.9 Å². The number of rotatable bonds is 6. The lowest BCUT2D eigenvalue weighted by Gasteiger charge is -2.22. The molecule has 1 saturated carbocycles. The molecule has 0 spiro atoms. The number of aromatic nitrogens is 2. The van der Waals surface area contributed by atoms with Gasteiger partial charge >= 0.3 is 5.97 Å². The van der Waals surface area contributed by atoms with Crippen LogP contribution in [0.3, 0.4) is 0 Å². The normalized spacial score (nSPS) is 17.2. The van der Waals surface area contributed by atoms with Crippen molar-refractivity contribution in [2.24, 2.45) is 5.92 Å². The summed E-state index contributed by atoms with van der Waals surface area (Å²) in [7, 11) is 0. The molecular formula is C19H23N3O3. The van der Waals surface area contributed by atoms with Gasteiger partial charge < -0.3 is 10.4 Å². The number of amides is 1. The number of carboxylic acid groups (broad SMARTS) is 1. The Morgan fingerprint density at radius 3 is 2.52 bits per heavy atom. The molecule has 132 valence electrons. The summed E-state index contributed by atoms with van der Waals surface area (Å²) in [6.07, 6.45) is 6.40. The fourth-order valence-corrected chi connectivity index (χ4v) is 3.35. The first-order chi connectivity index (χ1) is 12.1. The van der Waals surface area contributed by atoms with Crippen LogP contribution in [0.5, 0.6) is 0 Å². The molecule has 2 atom stereocenters. The zero-order valence-electron chi connectivity index (χ0n) is 14.3. The molecule has 6 heteroatoms. The summed E-state index contributed by atoms with van der Waals surface area (Å²) >= 11 is 0. The van der Waals surface area contributed by atoms with Gasteiger partial charge in [-0.15, -0.1) is 0 Å². The van der Waals surface area contributed by atoms with Crippen LogP contribution in [0, 0.1) is 5.92 Å². The lowest BCUT2D eigenvalue weighted by molar-refractivity contribution is -0.142. The van der Waals surface area contributed by atoms with E-state index in [-0.39, 0.29) is 5.91 Å². The van der Waals surface area contributed by atoms with Crippen molar-refractivity contribution in [3.8, 4) is 0 Å². The molecule has 1 heterocycles. The molecule has 3 rings (SSSR count). The van der Waals surface area contributed by atoms with E-state index in [2.05, 4.69) is 10.4 Å². The summed E-state index contributed by atoms with van der Waals surface area (Å²) in [6, 6.07) is 10.6. The Kier molecular flexibility index (Phi) is 5.16. The van der Waals surface area contributed by atoms with E-state index in [0.29, 0.717) is 11.7 Å². The second kappa shape index (κ2) is 7.51. The van der Waals surface area contributed by atoms with Crippen molar-refractivity contribution in [3.63, 3.8) is 0 Å². The van der Waals surface area contributed by atoms with E-state index >= 15 is 0 Å². The number of carbonyl (C=O) groups excluding carboxylic acids is 1. The van der Waals surface area contributed by atoms with Gasteiger partial charge in [0.2, 0.25) is 0 Å². The van der Waals surface area contributed by atoms with Gasteiger partial charge in [0.05, 0.1) is 18.0 Å². The van der Waals surface area contributed by atoms with Gasteiger partial charge in [-0.25, -0.2) is 0 Å². The smallest absolute Gasteiger partial charge is 0.308 e. The molecule has 6 nitrogen and oxygen atoms in total. The Morgan fingerprint density at radius 1 is 1.20 bits per heavy atom. The Morgan fingerprint density at radius 2 is 1.88 bits per heavy atom. The van der Waals surface area contributed by atoms with Gasteiger partial charge in [0.15, 0.2) is 0 Å². The molecule has 1 aliphatic carbocycles. The topological polar surface area (TPSA) is 84.2 Å². The van der Waals surface area contributed by atoms with Crippen molar-refractivity contribution in [2.45, 2.75) is 44.7 Å². The third-order valence-electron chi connectivity index (χ3n) is 4.87. The van der Waals surface area contributed by atoms with Crippen molar-refractivity contribution in [2.75, 3.05) is 0 Å². The number of hydrogen-bond donors (Lipinski definition) is 2. The summed E-state index contributed by atoms with van der Waals surface area (Å²) in [6.45, 7) is 1.59. The van der Waals surface area contributed by atoms with Crippen molar-refractivity contribution < 1.29 is 14.7 Å². The maximum Gasteiger partial charge on any atom is 0.308 e. The van der Waals surface area contributed by atoms with E-state index < -0.39 is 17.9 Å². The van der Waals surface area contributed by atoms with Crippen LogP contribution in [0.2, 0.25) is 0 Å². The Labute approximate surface area is 146 Å². The van der Waals surface area contributed by atoms with Crippen LogP contribution in [-0.2, 0) is 4.79 Å². The molecule has 1 aromatic heterocycles. The molecule has 2 aromatic rings. The second-order valence-electron chi connectivity index (χ2n) is 6.61. The first-order valence-corrected chi connectivity index (χ1v) is 8.70. The third kappa shape index (κ3) is 3.90. The Balaban J connectivity index is 1.77. The van der Waals surface area contributed by atoms with Gasteiger partial charge in [0.1, 0.15) is 5.69 Å². The maximum absolute atomic E-state index is 12.6. The predicted octanol–water partition coefficient (Wildman–Crippen LogP) is 3.19. The summed E-state index contributed by atoms with van der Waals surface area (Å²) in [5.41, 5.74) is 1.09. The van der Waals surface area contributed by atoms with E-state index in [1.54, 1.807) is 13.0 Å². The molecule has 0 bridgehead atoms. The van der Waals surface area contributed by atoms with Crippen LogP contribution in [-0.4, -0.2) is 26.8 Å². The highest BCUT2D eigenvalue weighted by Gasteiger charge is 2.28. The second-order valence-corrected chi connectivity index (χ2v) is 6.61. The number of carboxylic acids is 1. The minimum atomic E-state index is -0.953. The highest BCUT2D eigenvalue weighted by atomic mass is 16.4. The number of nitrogens with zero attached hydrogens (tertiary/aromatic N) is 2. The molecule has 2 N–H and O–H groups in total. The predicted molar refractivity (Wildman–Crippen MR) is 93.2 cm³/mol. The zero-order valence-corrected chi connectivity index (χ0v) is 14.3. The maximum atomic E-state index is 12.6. The average Bonchev–Trinajstić information content (AvgIpc) is 3.30. The van der Waals surface area contributed by atoms with Gasteiger partial charge in [0, 0.05) is 6.20 Å². The molecule has 1 amide bonds. The first kappa shape index (κ1) is 17.2. The van der Waals surface area contributed by atoms with E-state index in [0.717, 1.165) is 18.4 Å². The van der Waals surface area contributed by atoms with E-state index in [1.807, 2.05) is 41.2 Å². The largest absolute Gasteiger partial charge is 0.481 e. The Bertz CT molecular complexity index is 735. The fraction of sp³-hybridized carbons (Fsp3) is 0.421. The quantitative estimate of drug-likeness (QED) is 0.845. The molecule has 25 heavy (non-hydrogen) atoms. The molecular weight excluding hydrogens is 318 g/mol. The van der Waals surface area contributed by atoms with Crippen molar-refractivity contribution >= 4 is 11.9 Å². The monoisotopic (exact) mass is 341 g/mol. The number of aliphatic carboxylic acids is 1. The zero-order chi connectivity index (χ0) is 17.8. The molecule has 0 aliphatic heterocycles. The SMILES string of the molecule is C[C@H](C(=O)O)[C@H](NC(=O)c1ccn(C2CCCC2)n1)c1ccccc1. The standard InChI is InChI=1S/C19H23N3O3/c1-13(19(24)25)17(14-7-3-2-4-8-14)20-18(23)16-11-12-22(21-16)15-9-5-6-10-15/h2-4,7-8,11-13,15,17H,5-6,9-10H2,1H3,(H,20,23)(H,24,25)/t13-,17-/m0/s1. The van der Waals surface area contributed by atoms with Crippen LogP contribution < -0.4 is 5.32 Å². The number of carbonyl (C=O) groups is 2. The summed E-state index contributed by atoms with van der Waals surface area (Å²) in [5, 5.41) is 16.6. The van der Waals surface area contributed by atoms with Gasteiger partial charge in [0.25, 0.3) is 5.91 Å². The lowest BCUT2D eigenvalue weighted by Crippen LogP contribution is -2.35. The first-order valence-electron chi connectivity index (χ1n) is 8.70. The van der Waals surface area contributed by atoms with Crippen molar-refractivity contribution in [1.29, 1.82) is 0 Å². The van der Waals surface area contributed by atoms with Crippen molar-refractivity contribution in [1.82, 2.24) is 15.1 Å². The molecule has 0 unspecified atom stereocenters. The molecule has 1 fully saturated rings. The highest BCUT2D eigenvalue weighted by molar-refractivity contribution is 5.92. The van der Waals surface area contributed by atoms with Gasteiger partial charge in [-0.1, -0.05) is 43.2 Å². The van der Waals surface area contributed by atoms with E-state index in [4.69, 9.17) is 0 Å². The van der Waals surface area contributed by atoms with Crippen LogP contribution in [0.4, 0.5) is 0 Å². The van der Waals surface area contributed by atoms with Crippen LogP contribution in [0.25, 0.3) is 0 Å². The third-order valence-corrected chi connectivity index (χ3v) is 4.87. The minimum Gasteiger partial charge on any atom is -0.481 e.